The van der Waals surface area contributed by atoms with Gasteiger partial charge < -0.3 is 5.73 Å². The lowest BCUT2D eigenvalue weighted by Crippen LogP contribution is -1.99. The van der Waals surface area contributed by atoms with Crippen molar-refractivity contribution in [3.63, 3.8) is 0 Å². The SMILES string of the molecule is Cc1cc(N)ccc1N=Nc1ccc(N=Nc2ccc(N=Nc3ccc4cc(SOOO)cc(S(=O)(=O)O)c4c3)cc2)c(C)c1. The van der Waals surface area contributed by atoms with E-state index in [4.69, 9.17) is 11.0 Å². The van der Waals surface area contributed by atoms with Crippen molar-refractivity contribution in [2.24, 2.45) is 30.7 Å². The molecular weight excluding hydrogens is 619 g/mol. The minimum atomic E-state index is -4.59. The van der Waals surface area contributed by atoms with Crippen LogP contribution in [-0.4, -0.2) is 18.2 Å². The number of benzene rings is 5. The second-order valence-electron chi connectivity index (χ2n) is 9.66. The molecule has 0 amide bonds. The Bertz CT molecular complexity index is 2070. The fourth-order valence-electron chi connectivity index (χ4n) is 4.19. The van der Waals surface area contributed by atoms with Gasteiger partial charge in [0.05, 0.1) is 46.2 Å². The van der Waals surface area contributed by atoms with Gasteiger partial charge in [-0.2, -0.15) is 39.1 Å². The summed E-state index contributed by atoms with van der Waals surface area (Å²) >= 11 is 0.569. The van der Waals surface area contributed by atoms with Crippen LogP contribution in [0, 0.1) is 13.8 Å². The highest BCUT2D eigenvalue weighted by atomic mass is 32.2. The number of anilines is 1. The van der Waals surface area contributed by atoms with Crippen LogP contribution in [-0.2, 0) is 19.5 Å². The molecule has 45 heavy (non-hydrogen) atoms. The van der Waals surface area contributed by atoms with Crippen molar-refractivity contribution in [3.05, 3.63) is 102 Å². The maximum atomic E-state index is 12.0. The molecule has 0 aliphatic carbocycles. The van der Waals surface area contributed by atoms with E-state index in [2.05, 4.69) is 40.1 Å². The summed E-state index contributed by atoms with van der Waals surface area (Å²) in [5.41, 5.74) is 11.9. The van der Waals surface area contributed by atoms with Gasteiger partial charge in [0.1, 0.15) is 4.90 Å². The van der Waals surface area contributed by atoms with Crippen molar-refractivity contribution >= 4 is 72.7 Å². The topological polar surface area (TPSA) is 193 Å². The summed E-state index contributed by atoms with van der Waals surface area (Å²) in [5.74, 6) is 0. The molecule has 5 aromatic carbocycles. The molecule has 0 aliphatic heterocycles. The van der Waals surface area contributed by atoms with Gasteiger partial charge in [-0.05, 0) is 115 Å². The van der Waals surface area contributed by atoms with Gasteiger partial charge in [0, 0.05) is 16.0 Å². The first-order valence-corrected chi connectivity index (χ1v) is 15.3. The number of rotatable bonds is 10. The standard InChI is InChI=1S/C30H25N7O6S2/c1-18-13-21(31)4-11-28(18)37-35-24-10-12-29(19(2)14-24)36-33-23-8-6-22(7-9-23)32-34-25-5-3-20-15-26(44-43-42-38)17-30(27(20)16-25)45(39,40)41/h3-17,38H,31H2,1-2H3,(H,39,40,41). The summed E-state index contributed by atoms with van der Waals surface area (Å²) in [6.07, 6.45) is 0. The Labute approximate surface area is 262 Å². The molecule has 0 aromatic heterocycles. The van der Waals surface area contributed by atoms with Crippen LogP contribution in [0.4, 0.5) is 39.8 Å². The van der Waals surface area contributed by atoms with Crippen LogP contribution in [0.1, 0.15) is 11.1 Å². The van der Waals surface area contributed by atoms with Crippen LogP contribution >= 0.6 is 12.0 Å². The Kier molecular flexibility index (Phi) is 9.68. The van der Waals surface area contributed by atoms with Crippen molar-refractivity contribution in [2.45, 2.75) is 23.6 Å². The molecule has 0 atom stereocenters. The van der Waals surface area contributed by atoms with Crippen LogP contribution in [0.25, 0.3) is 10.8 Å². The van der Waals surface area contributed by atoms with Gasteiger partial charge in [-0.1, -0.05) is 11.1 Å². The summed E-state index contributed by atoms with van der Waals surface area (Å²) in [7, 11) is -4.59. The van der Waals surface area contributed by atoms with E-state index in [1.54, 1.807) is 48.5 Å². The zero-order valence-corrected chi connectivity index (χ0v) is 25.4. The average Bonchev–Trinajstić information content (AvgIpc) is 3.01. The highest BCUT2D eigenvalue weighted by Crippen LogP contribution is 2.34. The molecule has 0 heterocycles. The zero-order chi connectivity index (χ0) is 32.0. The molecule has 5 rings (SSSR count). The second-order valence-corrected chi connectivity index (χ2v) is 11.8. The maximum absolute atomic E-state index is 12.0. The van der Waals surface area contributed by atoms with E-state index in [0.717, 1.165) is 16.8 Å². The van der Waals surface area contributed by atoms with E-state index >= 15 is 0 Å². The highest BCUT2D eigenvalue weighted by molar-refractivity contribution is 7.94. The van der Waals surface area contributed by atoms with Gasteiger partial charge in [0.15, 0.2) is 0 Å². The Morgan fingerprint density at radius 1 is 0.667 bits per heavy atom. The van der Waals surface area contributed by atoms with Gasteiger partial charge in [-0.15, -0.1) is 4.33 Å². The van der Waals surface area contributed by atoms with Crippen molar-refractivity contribution in [2.75, 3.05) is 5.73 Å². The maximum Gasteiger partial charge on any atom is 0.295 e. The Morgan fingerprint density at radius 2 is 1.20 bits per heavy atom. The molecule has 0 saturated carbocycles. The zero-order valence-electron chi connectivity index (χ0n) is 23.8. The highest BCUT2D eigenvalue weighted by Gasteiger charge is 2.17. The summed E-state index contributed by atoms with van der Waals surface area (Å²) in [5, 5.41) is 38.3. The minimum absolute atomic E-state index is 0.224. The van der Waals surface area contributed by atoms with Crippen molar-refractivity contribution in [3.8, 4) is 0 Å². The number of aryl methyl sites for hydroxylation is 2. The van der Waals surface area contributed by atoms with Gasteiger partial charge in [0.25, 0.3) is 10.1 Å². The largest absolute Gasteiger partial charge is 0.399 e. The molecule has 0 spiro atoms. The van der Waals surface area contributed by atoms with Crippen molar-refractivity contribution in [1.82, 2.24) is 0 Å². The lowest BCUT2D eigenvalue weighted by molar-refractivity contribution is -0.432. The van der Waals surface area contributed by atoms with Crippen LogP contribution < -0.4 is 5.73 Å². The third-order valence-electron chi connectivity index (χ3n) is 6.39. The Balaban J connectivity index is 1.27. The third kappa shape index (κ3) is 8.18. The van der Waals surface area contributed by atoms with Crippen LogP contribution in [0.5, 0.6) is 0 Å². The summed E-state index contributed by atoms with van der Waals surface area (Å²) in [6, 6.07) is 25.4. The molecule has 0 bridgehead atoms. The minimum Gasteiger partial charge on any atom is -0.399 e. The predicted octanol–water partition coefficient (Wildman–Crippen LogP) is 9.96. The average molecular weight is 644 g/mol. The molecule has 0 radical (unpaired) electrons. The lowest BCUT2D eigenvalue weighted by Gasteiger charge is -2.07. The van der Waals surface area contributed by atoms with E-state index in [-0.39, 0.29) is 15.2 Å². The summed E-state index contributed by atoms with van der Waals surface area (Å²) < 4.78 is 38.1. The Hall–Kier alpha value is -4.90. The second kappa shape index (κ2) is 13.8. The smallest absolute Gasteiger partial charge is 0.295 e. The molecule has 0 unspecified atom stereocenters. The van der Waals surface area contributed by atoms with Crippen LogP contribution in [0.2, 0.25) is 0 Å². The first kappa shape index (κ1) is 31.5. The van der Waals surface area contributed by atoms with Gasteiger partial charge in [0.2, 0.25) is 0 Å². The number of fused-ring (bicyclic) bond motifs is 1. The number of hydrogen-bond acceptors (Lipinski definition) is 13. The molecule has 0 saturated heterocycles. The molecule has 0 fully saturated rings. The summed E-state index contributed by atoms with van der Waals surface area (Å²) in [6.45, 7) is 3.84. The molecule has 228 valence electrons. The quantitative estimate of drug-likeness (QED) is 0.0334. The number of nitrogen functional groups attached to an aromatic ring is 1. The number of nitrogens with two attached hydrogens (primary N) is 1. The molecular formula is C30H25N7O6S2. The van der Waals surface area contributed by atoms with Crippen LogP contribution in [0.15, 0.2) is 131 Å². The fourth-order valence-corrected chi connectivity index (χ4v) is 5.45. The van der Waals surface area contributed by atoms with Crippen LogP contribution in [0.3, 0.4) is 0 Å². The number of azo groups is 3. The molecule has 13 nitrogen and oxygen atoms in total. The molecule has 5 aromatic rings. The first-order chi connectivity index (χ1) is 21.6. The van der Waals surface area contributed by atoms with Gasteiger partial charge in [-0.25, -0.2) is 5.26 Å². The van der Waals surface area contributed by atoms with E-state index in [1.807, 2.05) is 44.2 Å². The number of nitrogens with zero attached hydrogens (tertiary/aromatic N) is 6. The third-order valence-corrected chi connectivity index (χ3v) is 7.84. The fraction of sp³-hybridized carbons (Fsp3) is 0.0667. The molecule has 15 heteroatoms. The normalized spacial score (nSPS) is 12.3. The first-order valence-electron chi connectivity index (χ1n) is 13.1. The van der Waals surface area contributed by atoms with E-state index in [1.165, 1.54) is 12.1 Å². The Morgan fingerprint density at radius 3 is 1.82 bits per heavy atom. The van der Waals surface area contributed by atoms with E-state index in [0.29, 0.717) is 51.6 Å². The van der Waals surface area contributed by atoms with Gasteiger partial charge >= 0.3 is 0 Å². The summed E-state index contributed by atoms with van der Waals surface area (Å²) in [4.78, 5) is -0.0896. The monoisotopic (exact) mass is 643 g/mol. The molecule has 0 aliphatic rings. The van der Waals surface area contributed by atoms with E-state index < -0.39 is 10.1 Å². The lowest BCUT2D eigenvalue weighted by atomic mass is 10.1. The van der Waals surface area contributed by atoms with E-state index in [9.17, 15) is 13.0 Å². The van der Waals surface area contributed by atoms with Crippen molar-refractivity contribution < 1.29 is 27.6 Å². The molecule has 4 N–H and O–H groups in total. The number of hydrogen-bond donors (Lipinski definition) is 3. The van der Waals surface area contributed by atoms with Gasteiger partial charge in [-0.3, -0.25) is 4.55 Å². The van der Waals surface area contributed by atoms with Crippen molar-refractivity contribution in [1.29, 1.82) is 0 Å². The predicted molar refractivity (Wildman–Crippen MR) is 170 cm³/mol.